The van der Waals surface area contributed by atoms with Gasteiger partial charge in [0.05, 0.1) is 0 Å². The van der Waals surface area contributed by atoms with Crippen molar-refractivity contribution in [2.45, 2.75) is 33.1 Å². The number of unbranched alkanes of at least 4 members (excludes halogenated alkanes) is 1. The minimum Gasteiger partial charge on any atom is -0.458 e. The molecule has 0 aliphatic carbocycles. The SMILES string of the molecule is CCCCC(C)C1=CC(=O)OC1. The van der Waals surface area contributed by atoms with Gasteiger partial charge in [0, 0.05) is 6.08 Å². The molecular formula is C10H16O2. The van der Waals surface area contributed by atoms with Gasteiger partial charge < -0.3 is 4.74 Å². The fourth-order valence-electron chi connectivity index (χ4n) is 1.37. The minimum atomic E-state index is -0.173. The molecule has 68 valence electrons. The van der Waals surface area contributed by atoms with Gasteiger partial charge >= 0.3 is 5.97 Å². The number of carbonyl (C=O) groups is 1. The third-order valence-electron chi connectivity index (χ3n) is 2.31. The molecule has 1 aliphatic heterocycles. The number of esters is 1. The third kappa shape index (κ3) is 2.36. The summed E-state index contributed by atoms with van der Waals surface area (Å²) in [6.45, 7) is 4.85. The highest BCUT2D eigenvalue weighted by Gasteiger charge is 2.17. The molecular weight excluding hydrogens is 152 g/mol. The molecule has 0 saturated heterocycles. The Morgan fingerprint density at radius 3 is 2.92 bits per heavy atom. The summed E-state index contributed by atoms with van der Waals surface area (Å²) in [5.41, 5.74) is 1.16. The highest BCUT2D eigenvalue weighted by molar-refractivity contribution is 5.85. The van der Waals surface area contributed by atoms with Crippen molar-refractivity contribution < 1.29 is 9.53 Å². The van der Waals surface area contributed by atoms with E-state index in [0.717, 1.165) is 5.57 Å². The molecule has 1 rings (SSSR count). The second-order valence-electron chi connectivity index (χ2n) is 3.37. The van der Waals surface area contributed by atoms with E-state index in [1.165, 1.54) is 19.3 Å². The molecule has 0 spiro atoms. The zero-order chi connectivity index (χ0) is 8.97. The van der Waals surface area contributed by atoms with Crippen molar-refractivity contribution in [3.63, 3.8) is 0 Å². The maximum atomic E-state index is 10.7. The molecule has 0 aromatic rings. The van der Waals surface area contributed by atoms with Crippen LogP contribution in [0.4, 0.5) is 0 Å². The van der Waals surface area contributed by atoms with Crippen LogP contribution in [0.2, 0.25) is 0 Å². The zero-order valence-electron chi connectivity index (χ0n) is 7.80. The lowest BCUT2D eigenvalue weighted by Crippen LogP contribution is -2.01. The van der Waals surface area contributed by atoms with Crippen molar-refractivity contribution in [3.8, 4) is 0 Å². The van der Waals surface area contributed by atoms with Gasteiger partial charge in [-0.25, -0.2) is 4.79 Å². The van der Waals surface area contributed by atoms with Crippen LogP contribution in [0.5, 0.6) is 0 Å². The second-order valence-corrected chi connectivity index (χ2v) is 3.37. The molecule has 0 amide bonds. The Morgan fingerprint density at radius 2 is 2.42 bits per heavy atom. The van der Waals surface area contributed by atoms with Crippen LogP contribution in [0.25, 0.3) is 0 Å². The number of hydrogen-bond donors (Lipinski definition) is 0. The van der Waals surface area contributed by atoms with Gasteiger partial charge in [-0.3, -0.25) is 0 Å². The van der Waals surface area contributed by atoms with E-state index in [2.05, 4.69) is 13.8 Å². The maximum Gasteiger partial charge on any atom is 0.331 e. The predicted octanol–water partition coefficient (Wildman–Crippen LogP) is 2.30. The monoisotopic (exact) mass is 168 g/mol. The number of hydrogen-bond acceptors (Lipinski definition) is 2. The van der Waals surface area contributed by atoms with Crippen LogP contribution in [0, 0.1) is 5.92 Å². The van der Waals surface area contributed by atoms with Crippen LogP contribution in [-0.2, 0) is 9.53 Å². The first-order valence-electron chi connectivity index (χ1n) is 4.61. The Morgan fingerprint density at radius 1 is 1.67 bits per heavy atom. The van der Waals surface area contributed by atoms with Crippen LogP contribution in [0.3, 0.4) is 0 Å². The highest BCUT2D eigenvalue weighted by Crippen LogP contribution is 2.21. The Bertz CT molecular complexity index is 194. The van der Waals surface area contributed by atoms with Crippen LogP contribution in [-0.4, -0.2) is 12.6 Å². The summed E-state index contributed by atoms with van der Waals surface area (Å²) in [4.78, 5) is 10.7. The molecule has 1 heterocycles. The van der Waals surface area contributed by atoms with E-state index in [1.807, 2.05) is 0 Å². The summed E-state index contributed by atoms with van der Waals surface area (Å²) in [5.74, 6) is 0.338. The van der Waals surface area contributed by atoms with Crippen LogP contribution < -0.4 is 0 Å². The van der Waals surface area contributed by atoms with E-state index >= 15 is 0 Å². The van der Waals surface area contributed by atoms with Crippen LogP contribution >= 0.6 is 0 Å². The van der Waals surface area contributed by atoms with Crippen molar-refractivity contribution in [2.75, 3.05) is 6.61 Å². The number of carbonyl (C=O) groups excluding carboxylic acids is 1. The first kappa shape index (κ1) is 9.30. The summed E-state index contributed by atoms with van der Waals surface area (Å²) < 4.78 is 4.84. The molecule has 0 saturated carbocycles. The van der Waals surface area contributed by atoms with E-state index in [9.17, 15) is 4.79 Å². The molecule has 12 heavy (non-hydrogen) atoms. The molecule has 1 unspecified atom stereocenters. The largest absolute Gasteiger partial charge is 0.458 e. The third-order valence-corrected chi connectivity index (χ3v) is 2.31. The van der Waals surface area contributed by atoms with E-state index in [4.69, 9.17) is 4.74 Å². The van der Waals surface area contributed by atoms with Crippen molar-refractivity contribution in [2.24, 2.45) is 5.92 Å². The number of ether oxygens (including phenoxy) is 1. The molecule has 1 atom stereocenters. The lowest BCUT2D eigenvalue weighted by molar-refractivity contribution is -0.134. The molecule has 0 aromatic carbocycles. The fraction of sp³-hybridized carbons (Fsp3) is 0.700. The van der Waals surface area contributed by atoms with Gasteiger partial charge in [0.1, 0.15) is 6.61 Å². The van der Waals surface area contributed by atoms with Crippen molar-refractivity contribution in [1.82, 2.24) is 0 Å². The lowest BCUT2D eigenvalue weighted by atomic mass is 9.96. The van der Waals surface area contributed by atoms with E-state index in [-0.39, 0.29) is 5.97 Å². The smallest absolute Gasteiger partial charge is 0.331 e. The predicted molar refractivity (Wildman–Crippen MR) is 47.7 cm³/mol. The van der Waals surface area contributed by atoms with Crippen molar-refractivity contribution >= 4 is 5.97 Å². The van der Waals surface area contributed by atoms with E-state index < -0.39 is 0 Å². The van der Waals surface area contributed by atoms with Crippen LogP contribution in [0.15, 0.2) is 11.6 Å². The summed E-state index contributed by atoms with van der Waals surface area (Å²) in [5, 5.41) is 0. The van der Waals surface area contributed by atoms with Gasteiger partial charge in [0.25, 0.3) is 0 Å². The van der Waals surface area contributed by atoms with E-state index in [0.29, 0.717) is 12.5 Å². The van der Waals surface area contributed by atoms with Gasteiger partial charge in [0.15, 0.2) is 0 Å². The Hall–Kier alpha value is -0.790. The number of cyclic esters (lactones) is 1. The average Bonchev–Trinajstić information content (AvgIpc) is 2.47. The Balaban J connectivity index is 2.37. The Labute approximate surface area is 73.6 Å². The first-order chi connectivity index (χ1) is 5.74. The second kappa shape index (κ2) is 4.29. The molecule has 0 radical (unpaired) electrons. The average molecular weight is 168 g/mol. The summed E-state index contributed by atoms with van der Waals surface area (Å²) in [6, 6.07) is 0. The quantitative estimate of drug-likeness (QED) is 0.602. The zero-order valence-corrected chi connectivity index (χ0v) is 7.80. The molecule has 2 nitrogen and oxygen atoms in total. The molecule has 0 N–H and O–H groups in total. The summed E-state index contributed by atoms with van der Waals surface area (Å²) in [7, 11) is 0. The minimum absolute atomic E-state index is 0.173. The van der Waals surface area contributed by atoms with Gasteiger partial charge in [-0.15, -0.1) is 0 Å². The van der Waals surface area contributed by atoms with Crippen molar-refractivity contribution in [1.29, 1.82) is 0 Å². The van der Waals surface area contributed by atoms with E-state index in [1.54, 1.807) is 6.08 Å². The fourth-order valence-corrected chi connectivity index (χ4v) is 1.37. The van der Waals surface area contributed by atoms with Gasteiger partial charge in [0.2, 0.25) is 0 Å². The Kier molecular flexibility index (Phi) is 3.32. The molecule has 0 bridgehead atoms. The number of rotatable bonds is 4. The molecule has 2 heteroatoms. The normalized spacial score (nSPS) is 18.8. The highest BCUT2D eigenvalue weighted by atomic mass is 16.5. The summed E-state index contributed by atoms with van der Waals surface area (Å²) in [6.07, 6.45) is 5.25. The maximum absolute atomic E-state index is 10.7. The molecule has 0 fully saturated rings. The van der Waals surface area contributed by atoms with Crippen molar-refractivity contribution in [3.05, 3.63) is 11.6 Å². The topological polar surface area (TPSA) is 26.3 Å². The van der Waals surface area contributed by atoms with Gasteiger partial charge in [-0.1, -0.05) is 26.7 Å². The molecule has 0 aromatic heterocycles. The molecule has 1 aliphatic rings. The first-order valence-corrected chi connectivity index (χ1v) is 4.61. The lowest BCUT2D eigenvalue weighted by Gasteiger charge is -2.09. The van der Waals surface area contributed by atoms with Gasteiger partial charge in [-0.05, 0) is 17.9 Å². The van der Waals surface area contributed by atoms with Gasteiger partial charge in [-0.2, -0.15) is 0 Å². The standard InChI is InChI=1S/C10H16O2/c1-3-4-5-8(2)9-6-10(11)12-7-9/h6,8H,3-5,7H2,1-2H3. The summed E-state index contributed by atoms with van der Waals surface area (Å²) >= 11 is 0. The van der Waals surface area contributed by atoms with Crippen LogP contribution in [0.1, 0.15) is 33.1 Å².